The first-order chi connectivity index (χ1) is 7.38. The van der Waals surface area contributed by atoms with Crippen molar-refractivity contribution in [1.82, 2.24) is 0 Å². The van der Waals surface area contributed by atoms with Crippen LogP contribution in [0.15, 0.2) is 18.2 Å². The molecule has 0 atom stereocenters. The van der Waals surface area contributed by atoms with Gasteiger partial charge in [0.15, 0.2) is 0 Å². The predicted octanol–water partition coefficient (Wildman–Crippen LogP) is 1.49. The lowest BCUT2D eigenvalue weighted by atomic mass is 10.2. The summed E-state index contributed by atoms with van der Waals surface area (Å²) in [6, 6.07) is 4.11. The molecule has 1 rings (SSSR count). The number of hydrogen-bond acceptors (Lipinski definition) is 4. The van der Waals surface area contributed by atoms with Crippen molar-refractivity contribution in [3.63, 3.8) is 0 Å². The summed E-state index contributed by atoms with van der Waals surface area (Å²) in [5, 5.41) is 0. The first-order valence-corrected chi connectivity index (χ1v) is 6.43. The zero-order valence-electron chi connectivity index (χ0n) is 9.07. The highest BCUT2D eigenvalue weighted by molar-refractivity contribution is 7.85. The molecule has 1 aromatic rings. The van der Waals surface area contributed by atoms with Gasteiger partial charge in [0.1, 0.15) is 24.8 Å². The van der Waals surface area contributed by atoms with Crippen LogP contribution in [-0.4, -0.2) is 27.9 Å². The lowest BCUT2D eigenvalue weighted by Crippen LogP contribution is -2.11. The molecule has 6 heteroatoms. The molecule has 0 fully saturated rings. The molecule has 0 saturated carbocycles. The van der Waals surface area contributed by atoms with E-state index in [0.29, 0.717) is 11.3 Å². The second kappa shape index (κ2) is 5.27. The summed E-state index contributed by atoms with van der Waals surface area (Å²) in [7, 11) is -3.44. The Balaban J connectivity index is 2.43. The van der Waals surface area contributed by atoms with Gasteiger partial charge in [0.2, 0.25) is 0 Å². The van der Waals surface area contributed by atoms with Crippen molar-refractivity contribution < 1.29 is 21.7 Å². The molecular formula is C10H13FO4S. The van der Waals surface area contributed by atoms with Gasteiger partial charge < -0.3 is 4.74 Å². The van der Waals surface area contributed by atoms with Gasteiger partial charge in [-0.3, -0.25) is 4.18 Å². The van der Waals surface area contributed by atoms with Crippen molar-refractivity contribution in [2.75, 3.05) is 19.5 Å². The van der Waals surface area contributed by atoms with Crippen molar-refractivity contribution >= 4 is 10.1 Å². The predicted molar refractivity (Wildman–Crippen MR) is 57.4 cm³/mol. The van der Waals surface area contributed by atoms with Crippen LogP contribution in [0.1, 0.15) is 5.56 Å². The number of hydrogen-bond donors (Lipinski definition) is 0. The minimum atomic E-state index is -3.44. The molecule has 0 bridgehead atoms. The van der Waals surface area contributed by atoms with E-state index in [1.54, 1.807) is 6.92 Å². The van der Waals surface area contributed by atoms with E-state index in [-0.39, 0.29) is 19.0 Å². The topological polar surface area (TPSA) is 52.6 Å². The average molecular weight is 248 g/mol. The minimum Gasteiger partial charge on any atom is -0.491 e. The van der Waals surface area contributed by atoms with Crippen LogP contribution in [0, 0.1) is 12.7 Å². The molecule has 0 aliphatic heterocycles. The highest BCUT2D eigenvalue weighted by Crippen LogP contribution is 2.18. The number of aryl methyl sites for hydroxylation is 1. The van der Waals surface area contributed by atoms with Crippen LogP contribution in [-0.2, 0) is 14.3 Å². The highest BCUT2D eigenvalue weighted by Gasteiger charge is 2.03. The third-order valence-corrected chi connectivity index (χ3v) is 2.37. The Morgan fingerprint density at radius 1 is 1.31 bits per heavy atom. The summed E-state index contributed by atoms with van der Waals surface area (Å²) >= 11 is 0. The van der Waals surface area contributed by atoms with Gasteiger partial charge in [-0.15, -0.1) is 0 Å². The quantitative estimate of drug-likeness (QED) is 0.585. The second-order valence-corrected chi connectivity index (χ2v) is 4.93. The van der Waals surface area contributed by atoms with E-state index in [9.17, 15) is 12.8 Å². The number of rotatable bonds is 5. The van der Waals surface area contributed by atoms with E-state index in [1.807, 2.05) is 0 Å². The Labute approximate surface area is 94.1 Å². The molecule has 0 saturated heterocycles. The van der Waals surface area contributed by atoms with E-state index in [4.69, 9.17) is 4.74 Å². The Kier molecular flexibility index (Phi) is 4.26. The van der Waals surface area contributed by atoms with Crippen LogP contribution in [0.5, 0.6) is 5.75 Å². The molecule has 0 amide bonds. The molecule has 0 aromatic heterocycles. The minimum absolute atomic E-state index is 0.0599. The summed E-state index contributed by atoms with van der Waals surface area (Å²) in [4.78, 5) is 0. The number of halogens is 1. The van der Waals surface area contributed by atoms with E-state index >= 15 is 0 Å². The first kappa shape index (κ1) is 12.9. The average Bonchev–Trinajstić information content (AvgIpc) is 2.13. The number of benzene rings is 1. The maximum absolute atomic E-state index is 12.7. The molecule has 90 valence electrons. The second-order valence-electron chi connectivity index (χ2n) is 3.28. The molecule has 4 nitrogen and oxygen atoms in total. The lowest BCUT2D eigenvalue weighted by Gasteiger charge is -2.08. The van der Waals surface area contributed by atoms with Crippen molar-refractivity contribution in [1.29, 1.82) is 0 Å². The van der Waals surface area contributed by atoms with E-state index in [0.717, 1.165) is 6.26 Å². The highest BCUT2D eigenvalue weighted by atomic mass is 32.2. The molecule has 0 radical (unpaired) electrons. The summed E-state index contributed by atoms with van der Waals surface area (Å²) in [5.74, 6) is 0.177. The van der Waals surface area contributed by atoms with Gasteiger partial charge in [-0.1, -0.05) is 0 Å². The molecule has 16 heavy (non-hydrogen) atoms. The normalized spacial score (nSPS) is 11.4. The standard InChI is InChI=1S/C10H13FO4S/c1-8-7-9(11)3-4-10(8)14-5-6-15-16(2,12)13/h3-4,7H,5-6H2,1-2H3. The SMILES string of the molecule is Cc1cc(F)ccc1OCCOS(C)(=O)=O. The van der Waals surface area contributed by atoms with Crippen LogP contribution in [0.3, 0.4) is 0 Å². The van der Waals surface area contributed by atoms with Crippen LogP contribution in [0.2, 0.25) is 0 Å². The molecule has 0 heterocycles. The first-order valence-electron chi connectivity index (χ1n) is 4.62. The molecule has 0 aliphatic carbocycles. The van der Waals surface area contributed by atoms with Gasteiger partial charge in [0.25, 0.3) is 10.1 Å². The van der Waals surface area contributed by atoms with Crippen molar-refractivity contribution in [3.8, 4) is 5.75 Å². The van der Waals surface area contributed by atoms with E-state index < -0.39 is 10.1 Å². The van der Waals surface area contributed by atoms with Crippen LogP contribution in [0.25, 0.3) is 0 Å². The van der Waals surface area contributed by atoms with Gasteiger partial charge in [0.05, 0.1) is 6.26 Å². The molecule has 0 spiro atoms. The summed E-state index contributed by atoms with van der Waals surface area (Å²) in [6.45, 7) is 1.74. The zero-order chi connectivity index (χ0) is 12.2. The van der Waals surface area contributed by atoms with Gasteiger partial charge in [-0.25, -0.2) is 4.39 Å². The van der Waals surface area contributed by atoms with Crippen molar-refractivity contribution in [2.45, 2.75) is 6.92 Å². The van der Waals surface area contributed by atoms with Crippen LogP contribution >= 0.6 is 0 Å². The Morgan fingerprint density at radius 2 is 2.00 bits per heavy atom. The van der Waals surface area contributed by atoms with Crippen molar-refractivity contribution in [2.24, 2.45) is 0 Å². The summed E-state index contributed by atoms with van der Waals surface area (Å²) in [6.07, 6.45) is 0.968. The van der Waals surface area contributed by atoms with Gasteiger partial charge in [0, 0.05) is 0 Å². The molecule has 1 aromatic carbocycles. The fourth-order valence-electron chi connectivity index (χ4n) is 1.11. The van der Waals surface area contributed by atoms with E-state index in [2.05, 4.69) is 4.18 Å². The number of ether oxygens (including phenoxy) is 1. The van der Waals surface area contributed by atoms with Gasteiger partial charge in [-0.2, -0.15) is 8.42 Å². The largest absolute Gasteiger partial charge is 0.491 e. The zero-order valence-corrected chi connectivity index (χ0v) is 9.88. The lowest BCUT2D eigenvalue weighted by molar-refractivity contribution is 0.221. The van der Waals surface area contributed by atoms with E-state index in [1.165, 1.54) is 18.2 Å². The Hall–Kier alpha value is -1.14. The fraction of sp³-hybridized carbons (Fsp3) is 0.400. The maximum atomic E-state index is 12.7. The Bertz CT molecular complexity index is 456. The van der Waals surface area contributed by atoms with Crippen LogP contribution in [0.4, 0.5) is 4.39 Å². The molecular weight excluding hydrogens is 235 g/mol. The third-order valence-electron chi connectivity index (χ3n) is 1.78. The molecule has 0 unspecified atom stereocenters. The van der Waals surface area contributed by atoms with Gasteiger partial charge >= 0.3 is 0 Å². The van der Waals surface area contributed by atoms with Gasteiger partial charge in [-0.05, 0) is 30.7 Å². The monoisotopic (exact) mass is 248 g/mol. The Morgan fingerprint density at radius 3 is 2.56 bits per heavy atom. The van der Waals surface area contributed by atoms with Crippen molar-refractivity contribution in [3.05, 3.63) is 29.6 Å². The van der Waals surface area contributed by atoms with Crippen LogP contribution < -0.4 is 4.74 Å². The maximum Gasteiger partial charge on any atom is 0.264 e. The molecule has 0 N–H and O–H groups in total. The smallest absolute Gasteiger partial charge is 0.264 e. The fourth-order valence-corrected chi connectivity index (χ4v) is 1.48. The summed E-state index contributed by atoms with van der Waals surface area (Å²) < 4.78 is 43.7. The summed E-state index contributed by atoms with van der Waals surface area (Å²) in [5.41, 5.74) is 0.652. The third kappa shape index (κ3) is 4.59. The molecule has 0 aliphatic rings.